The molecule has 0 aliphatic heterocycles. The molecular formula is C22H42O2. The van der Waals surface area contributed by atoms with Gasteiger partial charge >= 0.3 is 5.97 Å². The first-order valence-corrected chi connectivity index (χ1v) is 9.99. The van der Waals surface area contributed by atoms with Crippen molar-refractivity contribution < 1.29 is 9.53 Å². The molecular weight excluding hydrogens is 296 g/mol. The highest BCUT2D eigenvalue weighted by atomic mass is 16.6. The lowest BCUT2D eigenvalue weighted by Gasteiger charge is -2.47. The van der Waals surface area contributed by atoms with Gasteiger partial charge in [-0.3, -0.25) is 4.79 Å². The van der Waals surface area contributed by atoms with Crippen LogP contribution in [0.2, 0.25) is 0 Å². The number of hydrogen-bond acceptors (Lipinski definition) is 2. The van der Waals surface area contributed by atoms with Crippen molar-refractivity contribution in [2.75, 3.05) is 0 Å². The normalized spacial score (nSPS) is 22.5. The summed E-state index contributed by atoms with van der Waals surface area (Å²) in [5.41, 5.74) is -0.828. The van der Waals surface area contributed by atoms with Crippen molar-refractivity contribution in [3.8, 4) is 0 Å². The molecule has 0 amide bonds. The maximum atomic E-state index is 13.4. The van der Waals surface area contributed by atoms with Crippen LogP contribution < -0.4 is 0 Å². The number of carbonyl (C=O) groups is 1. The minimum absolute atomic E-state index is 0.000140. The van der Waals surface area contributed by atoms with Gasteiger partial charge in [-0.15, -0.1) is 0 Å². The van der Waals surface area contributed by atoms with Crippen LogP contribution in [-0.2, 0) is 9.53 Å². The Morgan fingerprint density at radius 1 is 0.917 bits per heavy atom. The quantitative estimate of drug-likeness (QED) is 0.517. The van der Waals surface area contributed by atoms with E-state index in [9.17, 15) is 4.79 Å². The van der Waals surface area contributed by atoms with E-state index in [4.69, 9.17) is 4.74 Å². The van der Waals surface area contributed by atoms with Crippen LogP contribution in [0.3, 0.4) is 0 Å². The van der Waals surface area contributed by atoms with Gasteiger partial charge in [0, 0.05) is 0 Å². The van der Waals surface area contributed by atoms with Crippen LogP contribution in [0, 0.1) is 22.2 Å². The molecule has 0 saturated heterocycles. The molecule has 0 N–H and O–H groups in total. The Morgan fingerprint density at radius 3 is 1.79 bits per heavy atom. The molecule has 2 atom stereocenters. The van der Waals surface area contributed by atoms with Crippen molar-refractivity contribution in [2.24, 2.45) is 22.2 Å². The molecule has 1 aliphatic rings. The average Bonchev–Trinajstić information content (AvgIpc) is 2.45. The molecule has 1 aliphatic carbocycles. The zero-order valence-electron chi connectivity index (χ0n) is 17.8. The first-order chi connectivity index (χ1) is 10.8. The van der Waals surface area contributed by atoms with Crippen molar-refractivity contribution in [3.63, 3.8) is 0 Å². The van der Waals surface area contributed by atoms with Gasteiger partial charge in [-0.25, -0.2) is 0 Å². The molecule has 2 heteroatoms. The third kappa shape index (κ3) is 4.99. The maximum Gasteiger partial charge on any atom is 0.312 e. The predicted octanol–water partition coefficient (Wildman–Crippen LogP) is 6.77. The number of carbonyl (C=O) groups excluding carboxylic acids is 1. The summed E-state index contributed by atoms with van der Waals surface area (Å²) < 4.78 is 6.33. The Balaban J connectivity index is 3.05. The topological polar surface area (TPSA) is 26.3 Å². The summed E-state index contributed by atoms with van der Waals surface area (Å²) >= 11 is 0. The molecule has 0 bridgehead atoms. The van der Waals surface area contributed by atoms with E-state index in [0.717, 1.165) is 12.8 Å². The fraction of sp³-hybridized carbons (Fsp3) is 0.955. The molecule has 0 aromatic rings. The first-order valence-electron chi connectivity index (χ1n) is 9.99. The molecule has 1 saturated carbocycles. The van der Waals surface area contributed by atoms with Crippen LogP contribution in [0.1, 0.15) is 107 Å². The number of hydrogen-bond donors (Lipinski definition) is 0. The second-order valence-electron chi connectivity index (χ2n) is 10.7. The van der Waals surface area contributed by atoms with Crippen molar-refractivity contribution in [3.05, 3.63) is 0 Å². The summed E-state index contributed by atoms with van der Waals surface area (Å²) in [6, 6.07) is 0. The lowest BCUT2D eigenvalue weighted by Crippen LogP contribution is -2.49. The highest BCUT2D eigenvalue weighted by molar-refractivity contribution is 5.78. The molecule has 1 fully saturated rings. The van der Waals surface area contributed by atoms with Gasteiger partial charge in [-0.1, -0.05) is 67.7 Å². The van der Waals surface area contributed by atoms with Gasteiger partial charge in [0.05, 0.1) is 5.41 Å². The Bertz CT molecular complexity index is 420. The monoisotopic (exact) mass is 338 g/mol. The van der Waals surface area contributed by atoms with Gasteiger partial charge in [0.25, 0.3) is 0 Å². The summed E-state index contributed by atoms with van der Waals surface area (Å²) in [4.78, 5) is 13.4. The summed E-state index contributed by atoms with van der Waals surface area (Å²) in [5, 5.41) is 0. The summed E-state index contributed by atoms with van der Waals surface area (Å²) in [5.74, 6) is 0.513. The third-order valence-electron chi connectivity index (χ3n) is 6.49. The van der Waals surface area contributed by atoms with Gasteiger partial charge in [-0.2, -0.15) is 0 Å². The van der Waals surface area contributed by atoms with E-state index in [1.165, 1.54) is 32.1 Å². The molecule has 0 aromatic heterocycles. The lowest BCUT2D eigenvalue weighted by atomic mass is 9.61. The standard InChI is InChI=1S/C22H42O2/c1-10-22(9,17-14-12-11-13-15-17)24-18(23)21(8,20(5,6)7)16-19(2,3)4/h17H,10-16H2,1-9H3. The zero-order valence-corrected chi connectivity index (χ0v) is 17.8. The molecule has 2 unspecified atom stereocenters. The van der Waals surface area contributed by atoms with E-state index in [0.29, 0.717) is 5.92 Å². The molecule has 1 rings (SSSR count). The Kier molecular flexibility index (Phi) is 6.61. The van der Waals surface area contributed by atoms with Crippen molar-refractivity contribution >= 4 is 5.97 Å². The molecule has 2 nitrogen and oxygen atoms in total. The molecule has 0 spiro atoms. The van der Waals surface area contributed by atoms with Crippen molar-refractivity contribution in [2.45, 2.75) is 113 Å². The molecule has 142 valence electrons. The highest BCUT2D eigenvalue weighted by Crippen LogP contribution is 2.49. The summed E-state index contributed by atoms with van der Waals surface area (Å²) in [7, 11) is 0. The maximum absolute atomic E-state index is 13.4. The van der Waals surface area contributed by atoms with E-state index in [1.54, 1.807) is 0 Å². The second kappa shape index (κ2) is 7.38. The van der Waals surface area contributed by atoms with E-state index in [2.05, 4.69) is 62.3 Å². The van der Waals surface area contributed by atoms with Gasteiger partial charge in [0.15, 0.2) is 0 Å². The average molecular weight is 339 g/mol. The lowest BCUT2D eigenvalue weighted by molar-refractivity contribution is -0.187. The third-order valence-corrected chi connectivity index (χ3v) is 6.49. The van der Waals surface area contributed by atoms with Crippen LogP contribution in [0.15, 0.2) is 0 Å². The highest BCUT2D eigenvalue weighted by Gasteiger charge is 2.50. The van der Waals surface area contributed by atoms with Crippen LogP contribution in [0.4, 0.5) is 0 Å². The smallest absolute Gasteiger partial charge is 0.312 e. The Morgan fingerprint density at radius 2 is 1.42 bits per heavy atom. The predicted molar refractivity (Wildman–Crippen MR) is 103 cm³/mol. The SMILES string of the molecule is CCC(C)(OC(=O)C(C)(CC(C)(C)C)C(C)(C)C)C1CCCCC1. The summed E-state index contributed by atoms with van der Waals surface area (Å²) in [6.07, 6.45) is 8.01. The van der Waals surface area contributed by atoms with Crippen LogP contribution >= 0.6 is 0 Å². The number of ether oxygens (including phenoxy) is 1. The first kappa shape index (κ1) is 21.5. The van der Waals surface area contributed by atoms with Gasteiger partial charge < -0.3 is 4.74 Å². The Hall–Kier alpha value is -0.530. The Labute approximate surface area is 151 Å². The molecule has 0 radical (unpaired) electrons. The largest absolute Gasteiger partial charge is 0.459 e. The number of esters is 1. The zero-order chi connectivity index (χ0) is 18.8. The van der Waals surface area contributed by atoms with Crippen LogP contribution in [-0.4, -0.2) is 11.6 Å². The van der Waals surface area contributed by atoms with Crippen molar-refractivity contribution in [1.29, 1.82) is 0 Å². The molecule has 0 heterocycles. The number of rotatable bonds is 5. The van der Waals surface area contributed by atoms with E-state index in [1.807, 2.05) is 0 Å². The van der Waals surface area contributed by atoms with Crippen molar-refractivity contribution in [1.82, 2.24) is 0 Å². The van der Waals surface area contributed by atoms with Gasteiger partial charge in [0.1, 0.15) is 5.60 Å². The van der Waals surface area contributed by atoms with Crippen LogP contribution in [0.25, 0.3) is 0 Å². The van der Waals surface area contributed by atoms with E-state index >= 15 is 0 Å². The van der Waals surface area contributed by atoms with E-state index in [-0.39, 0.29) is 22.4 Å². The fourth-order valence-corrected chi connectivity index (χ4v) is 4.19. The minimum Gasteiger partial charge on any atom is -0.459 e. The summed E-state index contributed by atoms with van der Waals surface area (Å²) in [6.45, 7) is 19.6. The second-order valence-corrected chi connectivity index (χ2v) is 10.7. The van der Waals surface area contributed by atoms with Crippen LogP contribution in [0.5, 0.6) is 0 Å². The van der Waals surface area contributed by atoms with Gasteiger partial charge in [0.2, 0.25) is 0 Å². The van der Waals surface area contributed by atoms with Gasteiger partial charge in [-0.05, 0) is 56.3 Å². The minimum atomic E-state index is -0.476. The fourth-order valence-electron chi connectivity index (χ4n) is 4.19. The van der Waals surface area contributed by atoms with E-state index < -0.39 is 5.41 Å². The molecule has 0 aromatic carbocycles. The molecule has 24 heavy (non-hydrogen) atoms.